The zero-order valence-electron chi connectivity index (χ0n) is 13.4. The minimum atomic E-state index is -0.164. The summed E-state index contributed by atoms with van der Waals surface area (Å²) in [6.07, 6.45) is 3.08. The second-order valence-corrected chi connectivity index (χ2v) is 5.68. The fraction of sp³-hybridized carbons (Fsp3) is 0.438. The van der Waals surface area contributed by atoms with Crippen LogP contribution in [0.15, 0.2) is 36.9 Å². The SMILES string of the molecule is CCN(CCOc1cccc(Cl)c1)C(=O)C(C)Cn1cncn1. The number of rotatable bonds is 8. The van der Waals surface area contributed by atoms with Crippen LogP contribution in [0, 0.1) is 5.92 Å². The predicted molar refractivity (Wildman–Crippen MR) is 88.4 cm³/mol. The molecule has 0 saturated heterocycles. The van der Waals surface area contributed by atoms with E-state index in [0.29, 0.717) is 37.0 Å². The third-order valence-corrected chi connectivity index (χ3v) is 3.70. The lowest BCUT2D eigenvalue weighted by atomic mass is 10.1. The van der Waals surface area contributed by atoms with Crippen molar-refractivity contribution in [3.63, 3.8) is 0 Å². The molecule has 6 nitrogen and oxygen atoms in total. The minimum Gasteiger partial charge on any atom is -0.492 e. The summed E-state index contributed by atoms with van der Waals surface area (Å²) in [6.45, 7) is 5.97. The van der Waals surface area contributed by atoms with Gasteiger partial charge in [-0.2, -0.15) is 5.10 Å². The first kappa shape index (κ1) is 17.3. The average molecular weight is 337 g/mol. The van der Waals surface area contributed by atoms with Crippen LogP contribution in [0.4, 0.5) is 0 Å². The van der Waals surface area contributed by atoms with E-state index >= 15 is 0 Å². The second kappa shape index (κ2) is 8.53. The van der Waals surface area contributed by atoms with Crippen molar-refractivity contribution < 1.29 is 9.53 Å². The molecule has 1 atom stereocenters. The van der Waals surface area contributed by atoms with E-state index in [9.17, 15) is 4.79 Å². The first-order chi connectivity index (χ1) is 11.1. The molecule has 124 valence electrons. The Morgan fingerprint density at radius 2 is 2.30 bits per heavy atom. The van der Waals surface area contributed by atoms with Gasteiger partial charge in [0.1, 0.15) is 25.0 Å². The predicted octanol–water partition coefficient (Wildman–Crippen LogP) is 2.50. The van der Waals surface area contributed by atoms with Crippen LogP contribution in [0.3, 0.4) is 0 Å². The van der Waals surface area contributed by atoms with E-state index in [2.05, 4.69) is 10.1 Å². The van der Waals surface area contributed by atoms with E-state index < -0.39 is 0 Å². The summed E-state index contributed by atoms with van der Waals surface area (Å²) in [4.78, 5) is 18.2. The van der Waals surface area contributed by atoms with Gasteiger partial charge in [0.05, 0.1) is 19.0 Å². The summed E-state index contributed by atoms with van der Waals surface area (Å²) >= 11 is 5.92. The number of halogens is 1. The summed E-state index contributed by atoms with van der Waals surface area (Å²) in [5.41, 5.74) is 0. The largest absolute Gasteiger partial charge is 0.492 e. The monoisotopic (exact) mass is 336 g/mol. The van der Waals surface area contributed by atoms with Gasteiger partial charge in [0.15, 0.2) is 0 Å². The summed E-state index contributed by atoms with van der Waals surface area (Å²) < 4.78 is 7.31. The zero-order valence-corrected chi connectivity index (χ0v) is 14.1. The molecule has 23 heavy (non-hydrogen) atoms. The Labute approximate surface area is 141 Å². The Balaban J connectivity index is 1.82. The number of hydrogen-bond donors (Lipinski definition) is 0. The van der Waals surface area contributed by atoms with Crippen molar-refractivity contribution in [1.29, 1.82) is 0 Å². The van der Waals surface area contributed by atoms with Gasteiger partial charge in [0.25, 0.3) is 0 Å². The molecule has 0 spiro atoms. The van der Waals surface area contributed by atoms with Crippen LogP contribution in [0.5, 0.6) is 5.75 Å². The number of nitrogens with zero attached hydrogens (tertiary/aromatic N) is 4. The fourth-order valence-corrected chi connectivity index (χ4v) is 2.43. The van der Waals surface area contributed by atoms with Gasteiger partial charge < -0.3 is 9.64 Å². The standard InChI is InChI=1S/C16H21ClN4O2/c1-3-20(7-8-23-15-6-4-5-14(17)9-15)16(22)13(2)10-21-12-18-11-19-21/h4-6,9,11-13H,3,7-8,10H2,1-2H3. The van der Waals surface area contributed by atoms with Crippen molar-refractivity contribution in [3.8, 4) is 5.75 Å². The summed E-state index contributed by atoms with van der Waals surface area (Å²) in [5.74, 6) is 0.622. The van der Waals surface area contributed by atoms with Crippen molar-refractivity contribution in [2.24, 2.45) is 5.92 Å². The fourth-order valence-electron chi connectivity index (χ4n) is 2.25. The highest BCUT2D eigenvalue weighted by atomic mass is 35.5. The lowest BCUT2D eigenvalue weighted by Gasteiger charge is -2.24. The van der Waals surface area contributed by atoms with Gasteiger partial charge in [0.2, 0.25) is 5.91 Å². The summed E-state index contributed by atoms with van der Waals surface area (Å²) in [7, 11) is 0. The van der Waals surface area contributed by atoms with Crippen molar-refractivity contribution in [2.45, 2.75) is 20.4 Å². The van der Waals surface area contributed by atoms with Crippen LogP contribution in [-0.4, -0.2) is 45.3 Å². The maximum atomic E-state index is 12.5. The van der Waals surface area contributed by atoms with Crippen LogP contribution >= 0.6 is 11.6 Å². The molecular formula is C16H21ClN4O2. The van der Waals surface area contributed by atoms with Crippen LogP contribution in [0.2, 0.25) is 5.02 Å². The Hall–Kier alpha value is -2.08. The topological polar surface area (TPSA) is 60.2 Å². The number of hydrogen-bond acceptors (Lipinski definition) is 4. The quantitative estimate of drug-likeness (QED) is 0.743. The van der Waals surface area contributed by atoms with Crippen LogP contribution < -0.4 is 4.74 Å². The van der Waals surface area contributed by atoms with Crippen molar-refractivity contribution >= 4 is 17.5 Å². The van der Waals surface area contributed by atoms with Gasteiger partial charge in [0, 0.05) is 11.6 Å². The van der Waals surface area contributed by atoms with E-state index in [0.717, 1.165) is 0 Å². The Morgan fingerprint density at radius 3 is 2.96 bits per heavy atom. The van der Waals surface area contributed by atoms with Gasteiger partial charge >= 0.3 is 0 Å². The molecular weight excluding hydrogens is 316 g/mol. The highest BCUT2D eigenvalue weighted by molar-refractivity contribution is 6.30. The van der Waals surface area contributed by atoms with Gasteiger partial charge in [-0.15, -0.1) is 0 Å². The number of likely N-dealkylation sites (N-methyl/N-ethyl adjacent to an activating group) is 1. The number of ether oxygens (including phenoxy) is 1. The summed E-state index contributed by atoms with van der Waals surface area (Å²) in [5, 5.41) is 4.66. The molecule has 0 aliphatic rings. The highest BCUT2D eigenvalue weighted by Crippen LogP contribution is 2.17. The van der Waals surface area contributed by atoms with Gasteiger partial charge in [-0.3, -0.25) is 9.48 Å². The molecule has 0 radical (unpaired) electrons. The van der Waals surface area contributed by atoms with Crippen molar-refractivity contribution in [2.75, 3.05) is 19.7 Å². The second-order valence-electron chi connectivity index (χ2n) is 5.24. The minimum absolute atomic E-state index is 0.0812. The molecule has 0 aliphatic carbocycles. The molecule has 1 aromatic heterocycles. The number of carbonyl (C=O) groups excluding carboxylic acids is 1. The summed E-state index contributed by atoms with van der Waals surface area (Å²) in [6, 6.07) is 7.23. The molecule has 0 bridgehead atoms. The highest BCUT2D eigenvalue weighted by Gasteiger charge is 2.20. The molecule has 7 heteroatoms. The lowest BCUT2D eigenvalue weighted by Crippen LogP contribution is -2.39. The van der Waals surface area contributed by atoms with Gasteiger partial charge in [-0.1, -0.05) is 24.6 Å². The smallest absolute Gasteiger partial charge is 0.227 e. The van der Waals surface area contributed by atoms with Gasteiger partial charge in [-0.25, -0.2) is 4.98 Å². The molecule has 2 aromatic rings. The van der Waals surface area contributed by atoms with Crippen molar-refractivity contribution in [1.82, 2.24) is 19.7 Å². The molecule has 0 fully saturated rings. The molecule has 2 rings (SSSR count). The van der Waals surface area contributed by atoms with Crippen LogP contribution in [0.1, 0.15) is 13.8 Å². The first-order valence-electron chi connectivity index (χ1n) is 7.59. The molecule has 0 aliphatic heterocycles. The van der Waals surface area contributed by atoms with E-state index in [4.69, 9.17) is 16.3 Å². The normalized spacial score (nSPS) is 12.0. The van der Waals surface area contributed by atoms with Crippen molar-refractivity contribution in [3.05, 3.63) is 41.9 Å². The molecule has 1 heterocycles. The van der Waals surface area contributed by atoms with Gasteiger partial charge in [-0.05, 0) is 25.1 Å². The van der Waals surface area contributed by atoms with E-state index in [-0.39, 0.29) is 11.8 Å². The maximum absolute atomic E-state index is 12.5. The first-order valence-corrected chi connectivity index (χ1v) is 7.97. The number of carbonyl (C=O) groups is 1. The number of amides is 1. The molecule has 1 unspecified atom stereocenters. The van der Waals surface area contributed by atoms with Crippen LogP contribution in [-0.2, 0) is 11.3 Å². The Bertz CT molecular complexity index is 618. The number of aromatic nitrogens is 3. The van der Waals surface area contributed by atoms with E-state index in [1.54, 1.807) is 28.0 Å². The third kappa shape index (κ3) is 5.25. The van der Waals surface area contributed by atoms with Crippen LogP contribution in [0.25, 0.3) is 0 Å². The molecule has 1 amide bonds. The maximum Gasteiger partial charge on any atom is 0.227 e. The molecule has 0 N–H and O–H groups in total. The Kier molecular flexibility index (Phi) is 6.40. The van der Waals surface area contributed by atoms with E-state index in [1.165, 1.54) is 6.33 Å². The zero-order chi connectivity index (χ0) is 16.7. The van der Waals surface area contributed by atoms with E-state index in [1.807, 2.05) is 26.0 Å². The average Bonchev–Trinajstić information content (AvgIpc) is 3.04. The molecule has 1 aromatic carbocycles. The Morgan fingerprint density at radius 1 is 1.48 bits per heavy atom. The third-order valence-electron chi connectivity index (χ3n) is 3.47. The number of benzene rings is 1. The molecule has 0 saturated carbocycles. The lowest BCUT2D eigenvalue weighted by molar-refractivity contribution is -0.135.